The third kappa shape index (κ3) is 3.41. The monoisotopic (exact) mass is 426 g/mol. The minimum absolute atomic E-state index is 0.0390. The molecule has 0 aliphatic carbocycles. The first-order valence-corrected chi connectivity index (χ1v) is 10.3. The average Bonchev–Trinajstić information content (AvgIpc) is 3.34. The lowest BCUT2D eigenvalue weighted by atomic mass is 10.0. The van der Waals surface area contributed by atoms with Crippen LogP contribution in [0.4, 0.5) is 17.5 Å². The van der Waals surface area contributed by atoms with Crippen LogP contribution in [0.25, 0.3) is 16.8 Å². The van der Waals surface area contributed by atoms with Gasteiger partial charge >= 0.3 is 0 Å². The van der Waals surface area contributed by atoms with Gasteiger partial charge in [0.1, 0.15) is 18.3 Å². The third-order valence-corrected chi connectivity index (χ3v) is 5.29. The van der Waals surface area contributed by atoms with Gasteiger partial charge in [-0.15, -0.1) is 10.2 Å². The van der Waals surface area contributed by atoms with Crippen LogP contribution >= 0.6 is 0 Å². The number of hydrogen-bond acceptors (Lipinski definition) is 9. The van der Waals surface area contributed by atoms with E-state index >= 15 is 0 Å². The summed E-state index contributed by atoms with van der Waals surface area (Å²) < 4.78 is 1.96. The first kappa shape index (κ1) is 19.6. The summed E-state index contributed by atoms with van der Waals surface area (Å²) in [4.78, 5) is 19.8. The van der Waals surface area contributed by atoms with Crippen molar-refractivity contribution in [2.24, 2.45) is 0 Å². The maximum atomic E-state index is 4.85. The van der Waals surface area contributed by atoms with Crippen molar-refractivity contribution < 1.29 is 0 Å². The summed E-state index contributed by atoms with van der Waals surface area (Å²) in [6.07, 6.45) is 13.0. The molecule has 160 valence electrons. The van der Waals surface area contributed by atoms with Crippen LogP contribution in [-0.4, -0.2) is 41.7 Å². The Kier molecular flexibility index (Phi) is 5.16. The molecule has 10 heteroatoms. The van der Waals surface area contributed by atoms with E-state index in [4.69, 9.17) is 4.98 Å². The SMILES string of the molecule is CCC1c2nncn2-c2cnc(N/C=C\NC)nc2N1c1cccc(-c2cncnc2)c1. The fourth-order valence-corrected chi connectivity index (χ4v) is 3.85. The molecule has 0 fully saturated rings. The summed E-state index contributed by atoms with van der Waals surface area (Å²) in [5.41, 5.74) is 3.79. The van der Waals surface area contributed by atoms with E-state index in [1.807, 2.05) is 36.1 Å². The Morgan fingerprint density at radius 1 is 1.09 bits per heavy atom. The predicted octanol–water partition coefficient (Wildman–Crippen LogP) is 3.22. The number of rotatable bonds is 6. The van der Waals surface area contributed by atoms with Gasteiger partial charge < -0.3 is 15.5 Å². The molecular weight excluding hydrogens is 404 g/mol. The van der Waals surface area contributed by atoms with E-state index in [1.165, 1.54) is 6.33 Å². The molecule has 0 saturated heterocycles. The zero-order valence-corrected chi connectivity index (χ0v) is 17.7. The standard InChI is InChI=1S/C22H22N10/c1-3-18-21-30-28-14-31(21)19-12-27-22(26-8-7-23-2)29-20(19)32(18)17-6-4-5-15(9-17)16-10-24-13-25-11-16/h4-14,18,23H,3H2,1-2H3,(H,26,27,29)/b8-7-. The van der Waals surface area contributed by atoms with E-state index in [9.17, 15) is 0 Å². The molecule has 1 unspecified atom stereocenters. The summed E-state index contributed by atoms with van der Waals surface area (Å²) >= 11 is 0. The molecule has 2 N–H and O–H groups in total. The van der Waals surface area contributed by atoms with Crippen LogP contribution in [0, 0.1) is 0 Å². The van der Waals surface area contributed by atoms with Gasteiger partial charge in [0.25, 0.3) is 0 Å². The van der Waals surface area contributed by atoms with Crippen molar-refractivity contribution >= 4 is 17.5 Å². The lowest BCUT2D eigenvalue weighted by Gasteiger charge is -2.37. The van der Waals surface area contributed by atoms with Crippen LogP contribution in [0.1, 0.15) is 25.2 Å². The summed E-state index contributed by atoms with van der Waals surface area (Å²) in [6.45, 7) is 2.13. The fraction of sp³-hybridized carbons (Fsp3) is 0.182. The number of nitrogens with one attached hydrogen (secondary N) is 2. The van der Waals surface area contributed by atoms with E-state index in [0.717, 1.165) is 40.6 Å². The lowest BCUT2D eigenvalue weighted by Crippen LogP contribution is -2.32. The van der Waals surface area contributed by atoms with Crippen LogP contribution in [-0.2, 0) is 0 Å². The van der Waals surface area contributed by atoms with Gasteiger partial charge in [-0.05, 0) is 24.1 Å². The van der Waals surface area contributed by atoms with Crippen molar-refractivity contribution in [1.29, 1.82) is 0 Å². The van der Waals surface area contributed by atoms with Gasteiger partial charge in [0.2, 0.25) is 5.95 Å². The quantitative estimate of drug-likeness (QED) is 0.480. The van der Waals surface area contributed by atoms with Gasteiger partial charge in [0.05, 0.1) is 12.2 Å². The van der Waals surface area contributed by atoms with Crippen molar-refractivity contribution in [3.8, 4) is 16.8 Å². The molecule has 1 aliphatic heterocycles. The number of aromatic nitrogens is 7. The van der Waals surface area contributed by atoms with Gasteiger partial charge in [-0.1, -0.05) is 19.1 Å². The summed E-state index contributed by atoms with van der Waals surface area (Å²) in [5.74, 6) is 2.13. The highest BCUT2D eigenvalue weighted by molar-refractivity contribution is 5.76. The molecule has 0 radical (unpaired) electrons. The molecule has 4 heterocycles. The Morgan fingerprint density at radius 2 is 1.97 bits per heavy atom. The molecule has 5 rings (SSSR count). The van der Waals surface area contributed by atoms with Gasteiger partial charge in [-0.25, -0.2) is 15.0 Å². The van der Waals surface area contributed by atoms with Crippen LogP contribution in [0.3, 0.4) is 0 Å². The second-order valence-electron chi connectivity index (χ2n) is 7.20. The molecule has 0 bridgehead atoms. The Morgan fingerprint density at radius 3 is 2.78 bits per heavy atom. The molecular formula is C22H22N10. The van der Waals surface area contributed by atoms with Crippen molar-refractivity contribution in [3.63, 3.8) is 0 Å². The van der Waals surface area contributed by atoms with E-state index in [0.29, 0.717) is 5.95 Å². The first-order valence-electron chi connectivity index (χ1n) is 10.3. The molecule has 1 aromatic carbocycles. The third-order valence-electron chi connectivity index (χ3n) is 5.29. The Bertz CT molecular complexity index is 1250. The Labute approximate surface area is 185 Å². The van der Waals surface area contributed by atoms with Crippen molar-refractivity contribution in [2.75, 3.05) is 17.3 Å². The number of nitrogens with zero attached hydrogens (tertiary/aromatic N) is 8. The molecule has 1 atom stereocenters. The largest absolute Gasteiger partial charge is 0.393 e. The van der Waals surface area contributed by atoms with E-state index in [2.05, 4.69) is 59.7 Å². The molecule has 0 amide bonds. The van der Waals surface area contributed by atoms with Gasteiger partial charge in [0, 0.05) is 43.1 Å². The zero-order valence-electron chi connectivity index (χ0n) is 17.7. The number of benzene rings is 1. The number of fused-ring (bicyclic) bond motifs is 3. The zero-order chi connectivity index (χ0) is 21.9. The Balaban J connectivity index is 1.65. The number of anilines is 3. The maximum absolute atomic E-state index is 4.85. The van der Waals surface area contributed by atoms with Crippen molar-refractivity contribution in [3.05, 3.63) is 73.7 Å². The summed E-state index contributed by atoms with van der Waals surface area (Å²) in [5, 5.41) is 14.6. The maximum Gasteiger partial charge on any atom is 0.228 e. The lowest BCUT2D eigenvalue weighted by molar-refractivity contribution is 0.590. The van der Waals surface area contributed by atoms with E-state index in [1.54, 1.807) is 24.9 Å². The first-order chi connectivity index (χ1) is 15.8. The molecule has 4 aromatic rings. The highest BCUT2D eigenvalue weighted by Crippen LogP contribution is 2.43. The Hall–Kier alpha value is -4.34. The molecule has 10 nitrogen and oxygen atoms in total. The fourth-order valence-electron chi connectivity index (χ4n) is 3.85. The highest BCUT2D eigenvalue weighted by Gasteiger charge is 2.34. The molecule has 3 aromatic heterocycles. The van der Waals surface area contributed by atoms with Crippen LogP contribution in [0.2, 0.25) is 0 Å². The second kappa shape index (κ2) is 8.42. The molecule has 0 spiro atoms. The second-order valence-corrected chi connectivity index (χ2v) is 7.20. The van der Waals surface area contributed by atoms with Gasteiger partial charge in [0.15, 0.2) is 11.6 Å². The van der Waals surface area contributed by atoms with Crippen molar-refractivity contribution in [2.45, 2.75) is 19.4 Å². The number of hydrogen-bond donors (Lipinski definition) is 2. The van der Waals surface area contributed by atoms with Crippen molar-refractivity contribution in [1.82, 2.24) is 40.0 Å². The minimum Gasteiger partial charge on any atom is -0.393 e. The smallest absolute Gasteiger partial charge is 0.228 e. The van der Waals surface area contributed by atoms with Gasteiger partial charge in [-0.3, -0.25) is 4.57 Å². The highest BCUT2D eigenvalue weighted by atomic mass is 15.4. The predicted molar refractivity (Wildman–Crippen MR) is 121 cm³/mol. The molecule has 1 aliphatic rings. The molecule has 0 saturated carbocycles. The van der Waals surface area contributed by atoms with Crippen LogP contribution < -0.4 is 15.5 Å². The summed E-state index contributed by atoms with van der Waals surface area (Å²) in [6, 6.07) is 8.23. The van der Waals surface area contributed by atoms with Gasteiger partial charge in [-0.2, -0.15) is 4.98 Å². The van der Waals surface area contributed by atoms with Crippen LogP contribution in [0.15, 0.2) is 67.9 Å². The average molecular weight is 426 g/mol. The van der Waals surface area contributed by atoms with Crippen LogP contribution in [0.5, 0.6) is 0 Å². The normalized spacial score (nSPS) is 14.8. The summed E-state index contributed by atoms with van der Waals surface area (Å²) in [7, 11) is 1.83. The topological polar surface area (TPSA) is 110 Å². The van der Waals surface area contributed by atoms with E-state index in [-0.39, 0.29) is 6.04 Å². The minimum atomic E-state index is -0.0390. The molecule has 32 heavy (non-hydrogen) atoms. The van der Waals surface area contributed by atoms with E-state index < -0.39 is 0 Å².